The zero-order valence-corrected chi connectivity index (χ0v) is 5.40. The van der Waals surface area contributed by atoms with Gasteiger partial charge in [0.25, 0.3) is 0 Å². The van der Waals surface area contributed by atoms with Crippen LogP contribution in [0.1, 0.15) is 0 Å². The number of aliphatic hydroxyl groups is 3. The molecule has 5 heteroatoms. The molecule has 0 bridgehead atoms. The minimum atomic E-state index is -1.19. The van der Waals surface area contributed by atoms with E-state index in [1.54, 1.807) is 0 Å². The van der Waals surface area contributed by atoms with Gasteiger partial charge in [0.2, 0.25) is 6.41 Å². The first-order chi connectivity index (χ1) is 4.72. The van der Waals surface area contributed by atoms with Crippen LogP contribution in [0.25, 0.3) is 0 Å². The van der Waals surface area contributed by atoms with E-state index < -0.39 is 18.8 Å². The van der Waals surface area contributed by atoms with Gasteiger partial charge in [0.1, 0.15) is 6.10 Å². The third kappa shape index (κ3) is 3.39. The Morgan fingerprint density at radius 2 is 2.00 bits per heavy atom. The first-order valence-electron chi connectivity index (χ1n) is 2.86. The van der Waals surface area contributed by atoms with E-state index in [1.165, 1.54) is 0 Å². The summed E-state index contributed by atoms with van der Waals surface area (Å²) in [7, 11) is 0. The molecule has 0 aromatic carbocycles. The Morgan fingerprint density at radius 3 is 2.40 bits per heavy atom. The predicted molar refractivity (Wildman–Crippen MR) is 33.2 cm³/mol. The van der Waals surface area contributed by atoms with E-state index in [2.05, 4.69) is 5.32 Å². The van der Waals surface area contributed by atoms with Crippen LogP contribution < -0.4 is 5.32 Å². The van der Waals surface area contributed by atoms with E-state index in [4.69, 9.17) is 15.3 Å². The normalized spacial score (nSPS) is 15.9. The van der Waals surface area contributed by atoms with Crippen LogP contribution in [0.3, 0.4) is 0 Å². The van der Waals surface area contributed by atoms with Crippen LogP contribution in [0.15, 0.2) is 0 Å². The highest BCUT2D eigenvalue weighted by atomic mass is 16.4. The van der Waals surface area contributed by atoms with Crippen molar-refractivity contribution in [1.82, 2.24) is 5.32 Å². The molecule has 0 rings (SSSR count). The smallest absolute Gasteiger partial charge is 0.207 e. The van der Waals surface area contributed by atoms with Crippen molar-refractivity contribution < 1.29 is 20.1 Å². The summed E-state index contributed by atoms with van der Waals surface area (Å²) in [5.74, 6) is 0. The van der Waals surface area contributed by atoms with Gasteiger partial charge in [-0.05, 0) is 0 Å². The molecule has 2 atom stereocenters. The van der Waals surface area contributed by atoms with Gasteiger partial charge in [-0.2, -0.15) is 0 Å². The van der Waals surface area contributed by atoms with E-state index in [0.717, 1.165) is 0 Å². The molecule has 1 amide bonds. The van der Waals surface area contributed by atoms with Gasteiger partial charge in [0, 0.05) is 6.54 Å². The molecule has 0 aliphatic carbocycles. The lowest BCUT2D eigenvalue weighted by molar-refractivity contribution is -0.110. The van der Waals surface area contributed by atoms with Crippen molar-refractivity contribution in [3.05, 3.63) is 0 Å². The van der Waals surface area contributed by atoms with Gasteiger partial charge >= 0.3 is 0 Å². The molecule has 0 saturated carbocycles. The average molecular weight is 149 g/mol. The molecular weight excluding hydrogens is 138 g/mol. The summed E-state index contributed by atoms with van der Waals surface area (Å²) < 4.78 is 0. The fourth-order valence-electron chi connectivity index (χ4n) is 0.427. The van der Waals surface area contributed by atoms with Crippen LogP contribution >= 0.6 is 0 Å². The Bertz CT molecular complexity index is 97.6. The molecule has 0 heterocycles. The van der Waals surface area contributed by atoms with Crippen molar-refractivity contribution in [3.8, 4) is 0 Å². The Morgan fingerprint density at radius 1 is 1.40 bits per heavy atom. The number of amides is 1. The van der Waals surface area contributed by atoms with Gasteiger partial charge in [-0.1, -0.05) is 0 Å². The fraction of sp³-hybridized carbons (Fsp3) is 0.800. The maximum Gasteiger partial charge on any atom is 0.207 e. The topological polar surface area (TPSA) is 89.8 Å². The van der Waals surface area contributed by atoms with E-state index in [9.17, 15) is 4.79 Å². The van der Waals surface area contributed by atoms with Crippen molar-refractivity contribution in [2.24, 2.45) is 0 Å². The fourth-order valence-corrected chi connectivity index (χ4v) is 0.427. The number of carbonyl (C=O) groups is 1. The maximum absolute atomic E-state index is 9.65. The minimum absolute atomic E-state index is 0.0504. The molecule has 10 heavy (non-hydrogen) atoms. The van der Waals surface area contributed by atoms with Crippen molar-refractivity contribution >= 4 is 6.41 Å². The van der Waals surface area contributed by atoms with Crippen LogP contribution in [0.2, 0.25) is 0 Å². The Balaban J connectivity index is 3.40. The quantitative estimate of drug-likeness (QED) is 0.324. The number of hydrogen-bond acceptors (Lipinski definition) is 4. The van der Waals surface area contributed by atoms with Gasteiger partial charge < -0.3 is 20.6 Å². The van der Waals surface area contributed by atoms with Crippen molar-refractivity contribution in [2.45, 2.75) is 12.2 Å². The van der Waals surface area contributed by atoms with Crippen molar-refractivity contribution in [1.29, 1.82) is 0 Å². The second-order valence-corrected chi connectivity index (χ2v) is 1.84. The summed E-state index contributed by atoms with van der Waals surface area (Å²) in [5, 5.41) is 28.0. The van der Waals surface area contributed by atoms with E-state index >= 15 is 0 Å². The number of aliphatic hydroxyl groups excluding tert-OH is 3. The number of rotatable bonds is 5. The molecule has 5 nitrogen and oxygen atoms in total. The second kappa shape index (κ2) is 5.16. The van der Waals surface area contributed by atoms with Crippen molar-refractivity contribution in [3.63, 3.8) is 0 Å². The molecule has 0 fully saturated rings. The lowest BCUT2D eigenvalue weighted by Gasteiger charge is -2.13. The van der Waals surface area contributed by atoms with Crippen LogP contribution in [-0.4, -0.2) is 47.1 Å². The van der Waals surface area contributed by atoms with Crippen LogP contribution in [0.5, 0.6) is 0 Å². The SMILES string of the molecule is O=CNCC(O)C(O)CO. The lowest BCUT2D eigenvalue weighted by atomic mass is 10.2. The van der Waals surface area contributed by atoms with E-state index in [-0.39, 0.29) is 6.54 Å². The summed E-state index contributed by atoms with van der Waals surface area (Å²) in [4.78, 5) is 9.65. The Kier molecular flexibility index (Phi) is 4.82. The zero-order valence-electron chi connectivity index (χ0n) is 5.40. The Hall–Kier alpha value is -0.650. The van der Waals surface area contributed by atoms with Gasteiger partial charge in [-0.3, -0.25) is 4.79 Å². The molecule has 0 aromatic heterocycles. The largest absolute Gasteiger partial charge is 0.394 e. The monoisotopic (exact) mass is 149 g/mol. The molecule has 0 aliphatic rings. The first kappa shape index (κ1) is 9.35. The highest BCUT2D eigenvalue weighted by Crippen LogP contribution is 1.88. The van der Waals surface area contributed by atoms with E-state index in [1.807, 2.05) is 0 Å². The Labute approximate surface area is 58.3 Å². The molecule has 60 valence electrons. The molecule has 0 aromatic rings. The molecule has 0 saturated heterocycles. The lowest BCUT2D eigenvalue weighted by Crippen LogP contribution is -2.37. The highest BCUT2D eigenvalue weighted by molar-refractivity contribution is 5.45. The van der Waals surface area contributed by atoms with Crippen molar-refractivity contribution in [2.75, 3.05) is 13.2 Å². The number of nitrogens with one attached hydrogen (secondary N) is 1. The van der Waals surface area contributed by atoms with Crippen LogP contribution in [0.4, 0.5) is 0 Å². The summed E-state index contributed by atoms with van der Waals surface area (Å²) in [5.41, 5.74) is 0. The molecule has 0 aliphatic heterocycles. The summed E-state index contributed by atoms with van der Waals surface area (Å²) in [6, 6.07) is 0. The number of carbonyl (C=O) groups excluding carboxylic acids is 1. The minimum Gasteiger partial charge on any atom is -0.394 e. The van der Waals surface area contributed by atoms with Gasteiger partial charge in [-0.25, -0.2) is 0 Å². The van der Waals surface area contributed by atoms with Crippen LogP contribution in [-0.2, 0) is 4.79 Å². The number of hydrogen-bond donors (Lipinski definition) is 4. The van der Waals surface area contributed by atoms with Crippen LogP contribution in [0, 0.1) is 0 Å². The van der Waals surface area contributed by atoms with Gasteiger partial charge in [0.15, 0.2) is 0 Å². The predicted octanol–water partition coefficient (Wildman–Crippen LogP) is -2.55. The third-order valence-corrected chi connectivity index (χ3v) is 1.04. The first-order valence-corrected chi connectivity index (χ1v) is 2.86. The summed E-state index contributed by atoms with van der Waals surface area (Å²) >= 11 is 0. The second-order valence-electron chi connectivity index (χ2n) is 1.84. The molecule has 0 spiro atoms. The summed E-state index contributed by atoms with van der Waals surface area (Å²) in [6.45, 7) is -0.563. The van der Waals surface area contributed by atoms with E-state index in [0.29, 0.717) is 6.41 Å². The third-order valence-electron chi connectivity index (χ3n) is 1.04. The molecule has 0 radical (unpaired) electrons. The van der Waals surface area contributed by atoms with Gasteiger partial charge in [0.05, 0.1) is 12.7 Å². The summed E-state index contributed by atoms with van der Waals surface area (Å²) in [6.07, 6.45) is -1.88. The standard InChI is InChI=1S/C5H11NO4/c7-2-5(10)4(9)1-6-3-8/h3-5,7,9-10H,1-2H2,(H,6,8). The highest BCUT2D eigenvalue weighted by Gasteiger charge is 2.13. The maximum atomic E-state index is 9.65. The molecule has 4 N–H and O–H groups in total. The van der Waals surface area contributed by atoms with Gasteiger partial charge in [-0.15, -0.1) is 0 Å². The average Bonchev–Trinajstić information content (AvgIpc) is 1.98. The molecule has 2 unspecified atom stereocenters. The molecular formula is C5H11NO4. The zero-order chi connectivity index (χ0) is 7.98.